The molecule has 3 aliphatic heterocycles. The highest BCUT2D eigenvalue weighted by atomic mass is 19.1. The van der Waals surface area contributed by atoms with Crippen LogP contribution in [0.15, 0.2) is 24.3 Å². The SMILES string of the molecule is CN(Cc1ccc(C(=O)N2C3CCC2CC(F)C3)cc1)C(=O)N1CCOCC1. The Labute approximate surface area is 165 Å². The number of hydrogen-bond acceptors (Lipinski definition) is 3. The lowest BCUT2D eigenvalue weighted by Crippen LogP contribution is -2.47. The van der Waals surface area contributed by atoms with Gasteiger partial charge in [-0.25, -0.2) is 9.18 Å². The number of fused-ring (bicyclic) bond motifs is 2. The van der Waals surface area contributed by atoms with Crippen LogP contribution in [0.5, 0.6) is 0 Å². The zero-order valence-corrected chi connectivity index (χ0v) is 16.3. The highest BCUT2D eigenvalue weighted by molar-refractivity contribution is 5.95. The van der Waals surface area contributed by atoms with Crippen LogP contribution in [-0.2, 0) is 11.3 Å². The molecule has 2 unspecified atom stereocenters. The Morgan fingerprint density at radius 3 is 2.32 bits per heavy atom. The standard InChI is InChI=1S/C21H28FN3O3/c1-23(21(27)24-8-10-28-11-9-24)14-15-2-4-16(5-3-15)20(26)25-18-6-7-19(25)13-17(22)12-18/h2-5,17-19H,6-14H2,1H3. The fraction of sp³-hybridized carbons (Fsp3) is 0.619. The van der Waals surface area contributed by atoms with Crippen molar-refractivity contribution >= 4 is 11.9 Å². The van der Waals surface area contributed by atoms with Gasteiger partial charge in [-0.3, -0.25) is 4.79 Å². The molecular weight excluding hydrogens is 361 g/mol. The number of alkyl halides is 1. The highest BCUT2D eigenvalue weighted by Crippen LogP contribution is 2.37. The van der Waals surface area contributed by atoms with Crippen LogP contribution < -0.4 is 0 Å². The van der Waals surface area contributed by atoms with Gasteiger partial charge >= 0.3 is 6.03 Å². The number of carbonyl (C=O) groups excluding carboxylic acids is 2. The third-order valence-electron chi connectivity index (χ3n) is 6.14. The van der Waals surface area contributed by atoms with Crippen LogP contribution >= 0.6 is 0 Å². The Morgan fingerprint density at radius 1 is 1.11 bits per heavy atom. The number of morpholine rings is 1. The van der Waals surface area contributed by atoms with E-state index in [0.717, 1.165) is 18.4 Å². The molecule has 0 saturated carbocycles. The summed E-state index contributed by atoms with van der Waals surface area (Å²) in [6.45, 7) is 2.89. The Morgan fingerprint density at radius 2 is 1.71 bits per heavy atom. The quantitative estimate of drug-likeness (QED) is 0.799. The molecule has 0 N–H and O–H groups in total. The Balaban J connectivity index is 1.37. The normalized spacial score (nSPS) is 27.0. The third-order valence-corrected chi connectivity index (χ3v) is 6.14. The van der Waals surface area contributed by atoms with Crippen LogP contribution in [0.25, 0.3) is 0 Å². The molecule has 7 heteroatoms. The fourth-order valence-corrected chi connectivity index (χ4v) is 4.68. The van der Waals surface area contributed by atoms with E-state index in [1.54, 1.807) is 16.8 Å². The van der Waals surface area contributed by atoms with Crippen molar-refractivity contribution in [1.82, 2.24) is 14.7 Å². The molecule has 0 aliphatic carbocycles. The number of halogens is 1. The van der Waals surface area contributed by atoms with Crippen molar-refractivity contribution in [2.45, 2.75) is 50.5 Å². The van der Waals surface area contributed by atoms with Crippen molar-refractivity contribution in [2.24, 2.45) is 0 Å². The fourth-order valence-electron chi connectivity index (χ4n) is 4.68. The number of benzene rings is 1. The second kappa shape index (κ2) is 8.07. The predicted octanol–water partition coefficient (Wildman–Crippen LogP) is 2.68. The second-order valence-electron chi connectivity index (χ2n) is 8.10. The van der Waals surface area contributed by atoms with Crippen molar-refractivity contribution in [1.29, 1.82) is 0 Å². The van der Waals surface area contributed by atoms with Crippen LogP contribution in [-0.4, -0.2) is 78.2 Å². The summed E-state index contributed by atoms with van der Waals surface area (Å²) >= 11 is 0. The molecule has 3 amide bonds. The summed E-state index contributed by atoms with van der Waals surface area (Å²) in [5.41, 5.74) is 1.62. The lowest BCUT2D eigenvalue weighted by atomic mass is 9.99. The second-order valence-corrected chi connectivity index (χ2v) is 8.10. The Hall–Kier alpha value is -2.15. The smallest absolute Gasteiger partial charge is 0.320 e. The van der Waals surface area contributed by atoms with Gasteiger partial charge in [0.05, 0.1) is 13.2 Å². The van der Waals surface area contributed by atoms with Gasteiger partial charge in [-0.2, -0.15) is 0 Å². The molecule has 0 spiro atoms. The minimum absolute atomic E-state index is 0.00342. The van der Waals surface area contributed by atoms with E-state index in [1.165, 1.54) is 0 Å². The van der Waals surface area contributed by atoms with Gasteiger partial charge in [0.25, 0.3) is 5.91 Å². The maximum atomic E-state index is 13.8. The topological polar surface area (TPSA) is 53.1 Å². The summed E-state index contributed by atoms with van der Waals surface area (Å²) in [6, 6.07) is 7.53. The zero-order chi connectivity index (χ0) is 19.7. The summed E-state index contributed by atoms with van der Waals surface area (Å²) in [7, 11) is 1.79. The van der Waals surface area contributed by atoms with Gasteiger partial charge in [0.1, 0.15) is 6.17 Å². The minimum atomic E-state index is -0.775. The molecule has 3 heterocycles. The first-order valence-corrected chi connectivity index (χ1v) is 10.2. The van der Waals surface area contributed by atoms with Crippen molar-refractivity contribution < 1.29 is 18.7 Å². The van der Waals surface area contributed by atoms with Crippen LogP contribution in [0.2, 0.25) is 0 Å². The molecule has 6 nitrogen and oxygen atoms in total. The Kier molecular flexibility index (Phi) is 5.53. The largest absolute Gasteiger partial charge is 0.378 e. The maximum Gasteiger partial charge on any atom is 0.320 e. The summed E-state index contributed by atoms with van der Waals surface area (Å²) in [5, 5.41) is 0. The van der Waals surface area contributed by atoms with E-state index in [4.69, 9.17) is 4.74 Å². The molecule has 3 aliphatic rings. The summed E-state index contributed by atoms with van der Waals surface area (Å²) in [4.78, 5) is 30.8. The molecular formula is C21H28FN3O3. The summed E-state index contributed by atoms with van der Waals surface area (Å²) in [5.74, 6) is 0.00342. The van der Waals surface area contributed by atoms with E-state index >= 15 is 0 Å². The van der Waals surface area contributed by atoms with Crippen molar-refractivity contribution in [3.63, 3.8) is 0 Å². The highest BCUT2D eigenvalue weighted by Gasteiger charge is 2.43. The number of ether oxygens (including phenoxy) is 1. The van der Waals surface area contributed by atoms with E-state index in [-0.39, 0.29) is 24.0 Å². The first kappa shape index (κ1) is 19.2. The zero-order valence-electron chi connectivity index (χ0n) is 16.3. The number of amides is 3. The number of hydrogen-bond donors (Lipinski definition) is 0. The third kappa shape index (κ3) is 3.85. The van der Waals surface area contributed by atoms with E-state index in [0.29, 0.717) is 51.3 Å². The van der Waals surface area contributed by atoms with Gasteiger partial charge in [-0.15, -0.1) is 0 Å². The first-order chi connectivity index (χ1) is 13.5. The Bertz CT molecular complexity index is 706. The molecule has 0 radical (unpaired) electrons. The average molecular weight is 389 g/mol. The molecule has 28 heavy (non-hydrogen) atoms. The molecule has 1 aromatic carbocycles. The van der Waals surface area contributed by atoms with Gasteiger partial charge in [-0.1, -0.05) is 12.1 Å². The first-order valence-electron chi connectivity index (χ1n) is 10.2. The monoisotopic (exact) mass is 389 g/mol. The van der Waals surface area contributed by atoms with Gasteiger partial charge < -0.3 is 19.4 Å². The van der Waals surface area contributed by atoms with Crippen molar-refractivity contribution in [3.8, 4) is 0 Å². The number of carbonyl (C=O) groups is 2. The molecule has 3 fully saturated rings. The molecule has 2 bridgehead atoms. The van der Waals surface area contributed by atoms with Crippen LogP contribution in [0.1, 0.15) is 41.6 Å². The van der Waals surface area contributed by atoms with Crippen LogP contribution in [0.3, 0.4) is 0 Å². The van der Waals surface area contributed by atoms with Gasteiger partial charge in [0, 0.05) is 44.3 Å². The minimum Gasteiger partial charge on any atom is -0.378 e. The summed E-state index contributed by atoms with van der Waals surface area (Å²) in [6.07, 6.45) is 1.97. The number of urea groups is 1. The van der Waals surface area contributed by atoms with Gasteiger partial charge in [0.2, 0.25) is 0 Å². The summed E-state index contributed by atoms with van der Waals surface area (Å²) < 4.78 is 19.0. The molecule has 152 valence electrons. The van der Waals surface area contributed by atoms with Crippen LogP contribution in [0, 0.1) is 0 Å². The number of piperidine rings is 1. The number of nitrogens with zero attached hydrogens (tertiary/aromatic N) is 3. The maximum absolute atomic E-state index is 13.8. The number of rotatable bonds is 3. The molecule has 1 aromatic rings. The molecule has 4 rings (SSSR count). The van der Waals surface area contributed by atoms with E-state index < -0.39 is 6.17 Å². The van der Waals surface area contributed by atoms with Crippen molar-refractivity contribution in [3.05, 3.63) is 35.4 Å². The predicted molar refractivity (Wildman–Crippen MR) is 103 cm³/mol. The molecule has 2 atom stereocenters. The van der Waals surface area contributed by atoms with Gasteiger partial charge in [-0.05, 0) is 43.4 Å². The van der Waals surface area contributed by atoms with E-state index in [2.05, 4.69) is 0 Å². The van der Waals surface area contributed by atoms with Gasteiger partial charge in [0.15, 0.2) is 0 Å². The van der Waals surface area contributed by atoms with Crippen molar-refractivity contribution in [2.75, 3.05) is 33.4 Å². The van der Waals surface area contributed by atoms with E-state index in [1.807, 2.05) is 29.2 Å². The molecule has 0 aromatic heterocycles. The van der Waals surface area contributed by atoms with Crippen LogP contribution in [0.4, 0.5) is 9.18 Å². The lowest BCUT2D eigenvalue weighted by Gasteiger charge is -2.36. The lowest BCUT2D eigenvalue weighted by molar-refractivity contribution is 0.0448. The molecule has 3 saturated heterocycles. The van der Waals surface area contributed by atoms with E-state index in [9.17, 15) is 14.0 Å². The average Bonchev–Trinajstić information content (AvgIpc) is 2.99.